The number of nitrogens with two attached hydrogens (primary N) is 1. The Balaban J connectivity index is 0. The van der Waals surface area contributed by atoms with E-state index in [1.807, 2.05) is 5.49 Å². The molecule has 0 saturated heterocycles. The van der Waals surface area contributed by atoms with Gasteiger partial charge in [-0.1, -0.05) is 0 Å². The number of hydrogen-bond acceptors (Lipinski definition) is 1. The van der Waals surface area contributed by atoms with Gasteiger partial charge in [0.2, 0.25) is 0 Å². The SMILES string of the molecule is N[C-]=S.[Co]. The molecule has 0 aliphatic heterocycles. The predicted octanol–water partition coefficient (Wildman–Crippen LogP) is -0.223. The van der Waals surface area contributed by atoms with Gasteiger partial charge in [0, 0.05) is 16.8 Å². The van der Waals surface area contributed by atoms with Gasteiger partial charge in [-0.05, 0) is 0 Å². The van der Waals surface area contributed by atoms with Crippen LogP contribution in [0.1, 0.15) is 0 Å². The van der Waals surface area contributed by atoms with Crippen LogP contribution in [0.15, 0.2) is 0 Å². The van der Waals surface area contributed by atoms with E-state index in [-0.39, 0.29) is 16.8 Å². The van der Waals surface area contributed by atoms with Crippen LogP contribution in [0.3, 0.4) is 0 Å². The van der Waals surface area contributed by atoms with Crippen LogP contribution in [0, 0.1) is 0 Å². The van der Waals surface area contributed by atoms with Crippen LogP contribution >= 0.6 is 12.2 Å². The van der Waals surface area contributed by atoms with Gasteiger partial charge in [-0.25, -0.2) is 0 Å². The minimum Gasteiger partial charge on any atom is -0.570 e. The second-order valence-corrected chi connectivity index (χ2v) is 0.354. The van der Waals surface area contributed by atoms with E-state index in [0.717, 1.165) is 0 Å². The summed E-state index contributed by atoms with van der Waals surface area (Å²) in [7, 11) is 0. The second-order valence-electron chi connectivity index (χ2n) is 0.118. The Kier molecular flexibility index (Phi) is 22.1. The zero-order chi connectivity index (χ0) is 2.71. The van der Waals surface area contributed by atoms with E-state index in [9.17, 15) is 0 Å². The van der Waals surface area contributed by atoms with Crippen molar-refractivity contribution in [3.63, 3.8) is 0 Å². The molecule has 0 heterocycles. The molecule has 0 unspecified atom stereocenters. The standard InChI is InChI=1S/CH2NS.Co/c2-1-3;/h(H2,2,3);/q-1;. The van der Waals surface area contributed by atoms with Gasteiger partial charge >= 0.3 is 0 Å². The van der Waals surface area contributed by atoms with Gasteiger partial charge in [-0.15, -0.1) is 0 Å². The number of hydrogen-bond donors (Lipinski definition) is 1. The largest absolute Gasteiger partial charge is 0.570 e. The van der Waals surface area contributed by atoms with Crippen molar-refractivity contribution in [1.82, 2.24) is 0 Å². The molecule has 27 valence electrons. The summed E-state index contributed by atoms with van der Waals surface area (Å²) in [5.41, 5.74) is 6.25. The normalized spacial score (nSPS) is 3.00. The first-order valence-corrected chi connectivity index (χ1v) is 0.901. The minimum absolute atomic E-state index is 0. The molecule has 0 aromatic carbocycles. The van der Waals surface area contributed by atoms with Crippen molar-refractivity contribution in [2.75, 3.05) is 0 Å². The minimum atomic E-state index is 0. The second kappa shape index (κ2) is 10.0. The molecular weight excluding hydrogens is 117 g/mol. The molecule has 1 nitrogen and oxygen atoms in total. The third-order valence-electron chi connectivity index (χ3n) is 0. The van der Waals surface area contributed by atoms with Crippen molar-refractivity contribution >= 4 is 17.7 Å². The zero-order valence-corrected chi connectivity index (χ0v) is 3.68. The molecule has 0 amide bonds. The van der Waals surface area contributed by atoms with Crippen LogP contribution in [0.2, 0.25) is 0 Å². The summed E-state index contributed by atoms with van der Waals surface area (Å²) in [4.78, 5) is 0. The van der Waals surface area contributed by atoms with Gasteiger partial charge in [-0.2, -0.15) is 0 Å². The first kappa shape index (κ1) is 8.83. The third-order valence-corrected chi connectivity index (χ3v) is 0. The summed E-state index contributed by atoms with van der Waals surface area (Å²) in [6, 6.07) is 0. The van der Waals surface area contributed by atoms with Gasteiger partial charge in [0.05, 0.1) is 0 Å². The Morgan fingerprint density at radius 2 is 1.75 bits per heavy atom. The van der Waals surface area contributed by atoms with E-state index < -0.39 is 0 Å². The van der Waals surface area contributed by atoms with Gasteiger partial charge in [-0.3, -0.25) is 0 Å². The van der Waals surface area contributed by atoms with Crippen LogP contribution in [-0.2, 0) is 16.8 Å². The third kappa shape index (κ3) is 29.7. The molecule has 0 bridgehead atoms. The quantitative estimate of drug-likeness (QED) is 0.271. The first-order chi connectivity index (χ1) is 1.41. The Morgan fingerprint density at radius 1 is 1.75 bits per heavy atom. The Hall–Kier alpha value is 0.396. The molecule has 0 aromatic rings. The maximum atomic E-state index is 4.41. The fourth-order valence-electron chi connectivity index (χ4n) is 0. The van der Waals surface area contributed by atoms with Crippen molar-refractivity contribution in [2.45, 2.75) is 0 Å². The van der Waals surface area contributed by atoms with Crippen molar-refractivity contribution < 1.29 is 16.8 Å². The Morgan fingerprint density at radius 3 is 1.75 bits per heavy atom. The van der Waals surface area contributed by atoms with Crippen LogP contribution in [0.4, 0.5) is 0 Å². The summed E-state index contributed by atoms with van der Waals surface area (Å²) in [6.07, 6.45) is 0. The maximum Gasteiger partial charge on any atom is 0 e. The van der Waals surface area contributed by atoms with Crippen molar-refractivity contribution in [1.29, 1.82) is 0 Å². The maximum absolute atomic E-state index is 4.41. The average molecular weight is 119 g/mol. The first-order valence-electron chi connectivity index (χ1n) is 0.493. The molecule has 3 heteroatoms. The van der Waals surface area contributed by atoms with Crippen LogP contribution in [-0.4, -0.2) is 5.49 Å². The Bertz CT molecular complexity index is 15.5. The predicted molar refractivity (Wildman–Crippen MR) is 16.8 cm³/mol. The molecule has 2 N–H and O–H groups in total. The summed E-state index contributed by atoms with van der Waals surface area (Å²) in [5, 5.41) is 0. The van der Waals surface area contributed by atoms with E-state index in [4.69, 9.17) is 0 Å². The van der Waals surface area contributed by atoms with E-state index >= 15 is 0 Å². The van der Waals surface area contributed by atoms with Gasteiger partial charge in [0.1, 0.15) is 0 Å². The van der Waals surface area contributed by atoms with Crippen LogP contribution < -0.4 is 5.73 Å². The van der Waals surface area contributed by atoms with Gasteiger partial charge < -0.3 is 23.4 Å². The molecule has 0 rings (SSSR count). The summed E-state index contributed by atoms with van der Waals surface area (Å²) >= 11 is 3.92. The number of rotatable bonds is 0. The molecule has 0 aromatic heterocycles. The molecule has 0 aliphatic carbocycles. The molecule has 1 radical (unpaired) electrons. The fourth-order valence-corrected chi connectivity index (χ4v) is 0. The molecule has 0 fully saturated rings. The molecule has 0 atom stereocenters. The van der Waals surface area contributed by atoms with Crippen LogP contribution in [0.5, 0.6) is 0 Å². The monoisotopic (exact) mass is 119 g/mol. The topological polar surface area (TPSA) is 26.0 Å². The Labute approximate surface area is 40.8 Å². The van der Waals surface area contributed by atoms with E-state index in [2.05, 4.69) is 18.0 Å². The van der Waals surface area contributed by atoms with E-state index in [1.54, 1.807) is 0 Å². The van der Waals surface area contributed by atoms with Crippen molar-refractivity contribution in [3.8, 4) is 0 Å². The summed E-state index contributed by atoms with van der Waals surface area (Å²) < 4.78 is 0. The van der Waals surface area contributed by atoms with Crippen molar-refractivity contribution in [3.05, 3.63) is 0 Å². The molecular formula is CH2CoNS-. The molecule has 4 heavy (non-hydrogen) atoms. The molecule has 0 saturated carbocycles. The molecule has 0 spiro atoms. The smallest absolute Gasteiger partial charge is 0 e. The zero-order valence-electron chi connectivity index (χ0n) is 1.82. The summed E-state index contributed by atoms with van der Waals surface area (Å²) in [5.74, 6) is 0. The summed E-state index contributed by atoms with van der Waals surface area (Å²) in [6.45, 7) is 0. The van der Waals surface area contributed by atoms with E-state index in [0.29, 0.717) is 0 Å². The number of thiocarbonyl (C=S) groups is 1. The average Bonchev–Trinajstić information content (AvgIpc) is 0.918. The fraction of sp³-hybridized carbons (Fsp3) is 0. The van der Waals surface area contributed by atoms with Crippen molar-refractivity contribution in [2.24, 2.45) is 5.73 Å². The van der Waals surface area contributed by atoms with Crippen LogP contribution in [0.25, 0.3) is 0 Å². The van der Waals surface area contributed by atoms with E-state index in [1.165, 1.54) is 0 Å². The van der Waals surface area contributed by atoms with Gasteiger partial charge in [0.15, 0.2) is 0 Å². The van der Waals surface area contributed by atoms with Gasteiger partial charge in [0.25, 0.3) is 0 Å². The molecule has 0 aliphatic rings.